The molecule has 5 heteroatoms. The van der Waals surface area contributed by atoms with E-state index in [2.05, 4.69) is 20.1 Å². The molecule has 5 nitrogen and oxygen atoms in total. The number of anilines is 2. The molecular formula is C11H15N5. The third-order valence-corrected chi connectivity index (χ3v) is 2.54. The lowest BCUT2D eigenvalue weighted by Crippen LogP contribution is -2.20. The Morgan fingerprint density at radius 3 is 2.75 bits per heavy atom. The molecule has 2 heterocycles. The average molecular weight is 217 g/mol. The van der Waals surface area contributed by atoms with Crippen molar-refractivity contribution in [2.24, 2.45) is 0 Å². The summed E-state index contributed by atoms with van der Waals surface area (Å²) < 4.78 is 0. The molecule has 2 aromatic heterocycles. The molecule has 84 valence electrons. The highest BCUT2D eigenvalue weighted by atomic mass is 15.2. The van der Waals surface area contributed by atoms with Gasteiger partial charge in [-0.25, -0.2) is 0 Å². The Labute approximate surface area is 94.3 Å². The number of nitrogens with one attached hydrogen (secondary N) is 1. The minimum absolute atomic E-state index is 0.609. The van der Waals surface area contributed by atoms with Gasteiger partial charge < -0.3 is 10.6 Å². The molecule has 0 aliphatic rings. The summed E-state index contributed by atoms with van der Waals surface area (Å²) in [6, 6.07) is 4.04. The molecule has 0 atom stereocenters. The number of rotatable bonds is 4. The molecule has 2 aromatic rings. The first-order chi connectivity index (χ1) is 7.77. The van der Waals surface area contributed by atoms with Crippen LogP contribution in [0.5, 0.6) is 0 Å². The first-order valence-corrected chi connectivity index (χ1v) is 5.16. The molecule has 0 spiro atoms. The van der Waals surface area contributed by atoms with E-state index in [9.17, 15) is 0 Å². The number of hydrogen-bond acceptors (Lipinski definition) is 4. The van der Waals surface area contributed by atoms with Crippen LogP contribution in [0.15, 0.2) is 30.7 Å². The van der Waals surface area contributed by atoms with Crippen molar-refractivity contribution < 1.29 is 0 Å². The molecule has 0 fully saturated rings. The second-order valence-electron chi connectivity index (χ2n) is 3.70. The summed E-state index contributed by atoms with van der Waals surface area (Å²) in [5.41, 5.74) is 7.95. The van der Waals surface area contributed by atoms with Crippen LogP contribution >= 0.6 is 0 Å². The molecule has 0 saturated carbocycles. The van der Waals surface area contributed by atoms with E-state index >= 15 is 0 Å². The van der Waals surface area contributed by atoms with E-state index in [1.165, 1.54) is 5.56 Å². The van der Waals surface area contributed by atoms with Gasteiger partial charge in [-0.2, -0.15) is 5.10 Å². The predicted molar refractivity (Wildman–Crippen MR) is 64.2 cm³/mol. The molecule has 0 saturated heterocycles. The zero-order valence-corrected chi connectivity index (χ0v) is 9.22. The van der Waals surface area contributed by atoms with Gasteiger partial charge in [0.15, 0.2) is 0 Å². The van der Waals surface area contributed by atoms with Crippen molar-refractivity contribution in [3.63, 3.8) is 0 Å². The van der Waals surface area contributed by atoms with E-state index in [0.29, 0.717) is 5.82 Å². The lowest BCUT2D eigenvalue weighted by Gasteiger charge is -2.17. The van der Waals surface area contributed by atoms with Crippen LogP contribution in [0.25, 0.3) is 0 Å². The molecule has 0 radical (unpaired) electrons. The number of nitrogens with zero attached hydrogens (tertiary/aromatic N) is 3. The van der Waals surface area contributed by atoms with Gasteiger partial charge in [-0.15, -0.1) is 0 Å². The van der Waals surface area contributed by atoms with E-state index in [1.807, 2.05) is 31.6 Å². The summed E-state index contributed by atoms with van der Waals surface area (Å²) in [4.78, 5) is 6.07. The van der Waals surface area contributed by atoms with Crippen LogP contribution < -0.4 is 10.6 Å². The molecule has 3 N–H and O–H groups in total. The largest absolute Gasteiger partial charge is 0.382 e. The van der Waals surface area contributed by atoms with Crippen molar-refractivity contribution >= 4 is 11.5 Å². The second kappa shape index (κ2) is 4.65. The molecule has 0 amide bonds. The summed E-state index contributed by atoms with van der Waals surface area (Å²) in [6.07, 6.45) is 6.31. The summed E-state index contributed by atoms with van der Waals surface area (Å²) >= 11 is 0. The molecule has 0 aliphatic heterocycles. The van der Waals surface area contributed by atoms with E-state index in [4.69, 9.17) is 5.73 Å². The van der Waals surface area contributed by atoms with Crippen molar-refractivity contribution in [2.45, 2.75) is 6.42 Å². The Kier molecular flexibility index (Phi) is 3.05. The van der Waals surface area contributed by atoms with Gasteiger partial charge >= 0.3 is 0 Å². The highest BCUT2D eigenvalue weighted by Crippen LogP contribution is 2.18. The number of H-pyrrole nitrogens is 1. The lowest BCUT2D eigenvalue weighted by atomic mass is 10.2. The zero-order valence-electron chi connectivity index (χ0n) is 9.22. The molecular weight excluding hydrogens is 202 g/mol. The quantitative estimate of drug-likeness (QED) is 0.803. The third-order valence-electron chi connectivity index (χ3n) is 2.54. The number of likely N-dealkylation sites (N-methyl/N-ethyl adjacent to an activating group) is 1. The maximum absolute atomic E-state index is 5.74. The van der Waals surface area contributed by atoms with Crippen molar-refractivity contribution in [3.05, 3.63) is 36.3 Å². The van der Waals surface area contributed by atoms with Crippen LogP contribution in [0.1, 0.15) is 5.56 Å². The van der Waals surface area contributed by atoms with Gasteiger partial charge in [-0.05, 0) is 24.1 Å². The van der Waals surface area contributed by atoms with Crippen molar-refractivity contribution in [2.75, 3.05) is 24.2 Å². The lowest BCUT2D eigenvalue weighted by molar-refractivity contribution is 0.876. The highest BCUT2D eigenvalue weighted by molar-refractivity contribution is 5.61. The first kappa shape index (κ1) is 10.5. The Morgan fingerprint density at radius 2 is 2.12 bits per heavy atom. The van der Waals surface area contributed by atoms with Gasteiger partial charge in [0.1, 0.15) is 5.82 Å². The fraction of sp³-hybridized carbons (Fsp3) is 0.273. The first-order valence-electron chi connectivity index (χ1n) is 5.16. The molecule has 2 rings (SSSR count). The Hall–Kier alpha value is -2.04. The zero-order chi connectivity index (χ0) is 11.4. The summed E-state index contributed by atoms with van der Waals surface area (Å²) in [5.74, 6) is 0.609. The Bertz CT molecular complexity index is 437. The van der Waals surface area contributed by atoms with E-state index in [1.54, 1.807) is 6.20 Å². The van der Waals surface area contributed by atoms with Crippen molar-refractivity contribution in [3.8, 4) is 0 Å². The fourth-order valence-electron chi connectivity index (χ4n) is 1.56. The van der Waals surface area contributed by atoms with E-state index < -0.39 is 0 Å². The van der Waals surface area contributed by atoms with Crippen molar-refractivity contribution in [1.29, 1.82) is 0 Å². The second-order valence-corrected chi connectivity index (χ2v) is 3.70. The number of aromatic amines is 1. The number of nitrogen functional groups attached to an aromatic ring is 1. The molecule has 0 aromatic carbocycles. The van der Waals surface area contributed by atoms with Crippen LogP contribution in [0.2, 0.25) is 0 Å². The maximum atomic E-state index is 5.74. The van der Waals surface area contributed by atoms with Gasteiger partial charge in [-0.1, -0.05) is 0 Å². The molecule has 16 heavy (non-hydrogen) atoms. The summed E-state index contributed by atoms with van der Waals surface area (Å²) in [6.45, 7) is 0.897. The van der Waals surface area contributed by atoms with Gasteiger partial charge in [0, 0.05) is 26.0 Å². The molecule has 0 unspecified atom stereocenters. The van der Waals surface area contributed by atoms with Gasteiger partial charge in [0.25, 0.3) is 0 Å². The normalized spacial score (nSPS) is 10.3. The number of nitrogens with two attached hydrogens (primary N) is 1. The standard InChI is InChI=1S/C11H15N5/c1-16(10-8-14-15-11(10)12)7-4-9-2-5-13-6-3-9/h2-3,5-6,8H,4,7H2,1H3,(H3,12,14,15). The smallest absolute Gasteiger partial charge is 0.142 e. The van der Waals surface area contributed by atoms with Crippen LogP contribution in [0.3, 0.4) is 0 Å². The van der Waals surface area contributed by atoms with Crippen LogP contribution in [-0.4, -0.2) is 28.8 Å². The van der Waals surface area contributed by atoms with Crippen LogP contribution in [-0.2, 0) is 6.42 Å². The minimum Gasteiger partial charge on any atom is -0.382 e. The highest BCUT2D eigenvalue weighted by Gasteiger charge is 2.06. The van der Waals surface area contributed by atoms with Crippen molar-refractivity contribution in [1.82, 2.24) is 15.2 Å². The van der Waals surface area contributed by atoms with E-state index in [-0.39, 0.29) is 0 Å². The molecule has 0 bridgehead atoms. The SMILES string of the molecule is CN(CCc1ccncc1)c1cn[nH]c1N. The third kappa shape index (κ3) is 2.31. The Balaban J connectivity index is 1.94. The topological polar surface area (TPSA) is 70.8 Å². The summed E-state index contributed by atoms with van der Waals surface area (Å²) in [5, 5.41) is 6.62. The monoisotopic (exact) mass is 217 g/mol. The maximum Gasteiger partial charge on any atom is 0.142 e. The minimum atomic E-state index is 0.609. The van der Waals surface area contributed by atoms with Crippen LogP contribution in [0, 0.1) is 0 Å². The Morgan fingerprint density at radius 1 is 1.38 bits per heavy atom. The van der Waals surface area contributed by atoms with Gasteiger partial charge in [0.2, 0.25) is 0 Å². The predicted octanol–water partition coefficient (Wildman–Crippen LogP) is 1.07. The van der Waals surface area contributed by atoms with Gasteiger partial charge in [0.05, 0.1) is 11.9 Å². The average Bonchev–Trinajstić information content (AvgIpc) is 2.74. The number of aromatic nitrogens is 3. The molecule has 0 aliphatic carbocycles. The van der Waals surface area contributed by atoms with Crippen LogP contribution in [0.4, 0.5) is 11.5 Å². The fourth-order valence-corrected chi connectivity index (χ4v) is 1.56. The van der Waals surface area contributed by atoms with Gasteiger partial charge in [-0.3, -0.25) is 10.1 Å². The van der Waals surface area contributed by atoms with E-state index in [0.717, 1.165) is 18.7 Å². The number of hydrogen-bond donors (Lipinski definition) is 2. The number of pyridine rings is 1. The summed E-state index contributed by atoms with van der Waals surface area (Å²) in [7, 11) is 2.00.